The Bertz CT molecular complexity index is 429. The number of nitrogens with zero attached hydrogens (tertiary/aromatic N) is 1. The molecule has 1 aliphatic rings. The molecular weight excluding hydrogens is 296 g/mol. The molecule has 0 bridgehead atoms. The van der Waals surface area contributed by atoms with Crippen molar-refractivity contribution in [1.29, 1.82) is 0 Å². The van der Waals surface area contributed by atoms with Crippen LogP contribution in [0.5, 0.6) is 0 Å². The van der Waals surface area contributed by atoms with Crippen LogP contribution in [0.3, 0.4) is 0 Å². The van der Waals surface area contributed by atoms with E-state index in [1.807, 2.05) is 20.8 Å². The van der Waals surface area contributed by atoms with Crippen LogP contribution in [0.2, 0.25) is 0 Å². The molecule has 1 fully saturated rings. The Morgan fingerprint density at radius 2 is 2.05 bits per heavy atom. The van der Waals surface area contributed by atoms with Gasteiger partial charge in [-0.3, -0.25) is 4.79 Å². The lowest BCUT2D eigenvalue weighted by atomic mass is 10.1. The van der Waals surface area contributed by atoms with Gasteiger partial charge in [0.05, 0.1) is 0 Å². The highest BCUT2D eigenvalue weighted by Gasteiger charge is 2.35. The molecule has 0 aliphatic carbocycles. The highest BCUT2D eigenvalue weighted by atomic mass is 32.2. The lowest BCUT2D eigenvalue weighted by Gasteiger charge is -2.35. The highest BCUT2D eigenvalue weighted by molar-refractivity contribution is 8.01. The summed E-state index contributed by atoms with van der Waals surface area (Å²) < 4.78 is 24.2. The molecule has 0 spiro atoms. The minimum atomic E-state index is -3.21. The van der Waals surface area contributed by atoms with Crippen molar-refractivity contribution in [3.63, 3.8) is 0 Å². The van der Waals surface area contributed by atoms with E-state index >= 15 is 0 Å². The van der Waals surface area contributed by atoms with Crippen molar-refractivity contribution in [2.24, 2.45) is 0 Å². The van der Waals surface area contributed by atoms with E-state index in [1.54, 1.807) is 23.6 Å². The molecule has 0 aromatic rings. The first-order valence-electron chi connectivity index (χ1n) is 7.01. The fourth-order valence-corrected chi connectivity index (χ4v) is 5.03. The van der Waals surface area contributed by atoms with Gasteiger partial charge >= 0.3 is 0 Å². The fraction of sp³-hybridized carbons (Fsp3) is 0.923. The Labute approximate surface area is 126 Å². The Balaban J connectivity index is 2.64. The maximum absolute atomic E-state index is 12.3. The zero-order chi connectivity index (χ0) is 15.4. The van der Waals surface area contributed by atoms with E-state index in [2.05, 4.69) is 5.32 Å². The number of rotatable bonds is 5. The molecule has 1 amide bonds. The number of carbonyl (C=O) groups is 1. The second-order valence-electron chi connectivity index (χ2n) is 6.00. The summed E-state index contributed by atoms with van der Waals surface area (Å²) in [6.45, 7) is 8.87. The summed E-state index contributed by atoms with van der Waals surface area (Å²) in [4.78, 5) is 13.8. The SMILES string of the molecule is CCS(=O)(=O)C1CSCCN1C(=O)CCNC(C)(C)C. The van der Waals surface area contributed by atoms with Crippen LogP contribution in [0.25, 0.3) is 0 Å². The smallest absolute Gasteiger partial charge is 0.224 e. The third kappa shape index (κ3) is 5.26. The van der Waals surface area contributed by atoms with Gasteiger partial charge < -0.3 is 10.2 Å². The molecule has 0 aromatic carbocycles. The first-order valence-corrected chi connectivity index (χ1v) is 9.88. The molecule has 0 radical (unpaired) electrons. The predicted octanol–water partition coefficient (Wildman–Crippen LogP) is 1.10. The zero-order valence-corrected chi connectivity index (χ0v) is 14.4. The molecule has 1 N–H and O–H groups in total. The van der Waals surface area contributed by atoms with E-state index in [9.17, 15) is 13.2 Å². The average molecular weight is 322 g/mol. The van der Waals surface area contributed by atoms with Crippen LogP contribution >= 0.6 is 11.8 Å². The van der Waals surface area contributed by atoms with Gasteiger partial charge in [0.15, 0.2) is 9.84 Å². The van der Waals surface area contributed by atoms with Crippen molar-refractivity contribution < 1.29 is 13.2 Å². The second-order valence-corrected chi connectivity index (χ2v) is 9.59. The lowest BCUT2D eigenvalue weighted by Crippen LogP contribution is -2.51. The highest BCUT2D eigenvalue weighted by Crippen LogP contribution is 2.22. The minimum absolute atomic E-state index is 0.0348. The van der Waals surface area contributed by atoms with Crippen LogP contribution in [0.4, 0.5) is 0 Å². The Morgan fingerprint density at radius 1 is 1.40 bits per heavy atom. The van der Waals surface area contributed by atoms with Gasteiger partial charge in [-0.25, -0.2) is 8.42 Å². The molecule has 118 valence electrons. The minimum Gasteiger partial charge on any atom is -0.324 e. The number of hydrogen-bond acceptors (Lipinski definition) is 5. The summed E-state index contributed by atoms with van der Waals surface area (Å²) in [7, 11) is -3.21. The van der Waals surface area contributed by atoms with Gasteiger partial charge in [-0.15, -0.1) is 0 Å². The van der Waals surface area contributed by atoms with E-state index in [0.717, 1.165) is 5.75 Å². The number of nitrogens with one attached hydrogen (secondary N) is 1. The van der Waals surface area contributed by atoms with E-state index in [0.29, 0.717) is 25.3 Å². The number of amides is 1. The molecule has 1 saturated heterocycles. The van der Waals surface area contributed by atoms with E-state index in [-0.39, 0.29) is 17.2 Å². The Hall–Kier alpha value is -0.270. The molecule has 1 atom stereocenters. The molecule has 1 rings (SSSR count). The molecule has 0 saturated carbocycles. The van der Waals surface area contributed by atoms with Crippen molar-refractivity contribution in [2.45, 2.75) is 45.0 Å². The first kappa shape index (κ1) is 17.8. The molecule has 5 nitrogen and oxygen atoms in total. The summed E-state index contributed by atoms with van der Waals surface area (Å²) in [5.41, 5.74) is -0.0348. The molecule has 0 aromatic heterocycles. The normalized spacial score (nSPS) is 21.0. The first-order chi connectivity index (χ1) is 9.17. The van der Waals surface area contributed by atoms with Gasteiger partial charge in [0, 0.05) is 42.3 Å². The van der Waals surface area contributed by atoms with Crippen molar-refractivity contribution in [2.75, 3.05) is 30.3 Å². The Morgan fingerprint density at radius 3 is 2.60 bits per heavy atom. The number of hydrogen-bond donors (Lipinski definition) is 1. The van der Waals surface area contributed by atoms with Crippen molar-refractivity contribution in [1.82, 2.24) is 10.2 Å². The number of sulfone groups is 1. The predicted molar refractivity (Wildman–Crippen MR) is 84.7 cm³/mol. The van der Waals surface area contributed by atoms with Crippen LogP contribution in [-0.2, 0) is 14.6 Å². The van der Waals surface area contributed by atoms with Crippen LogP contribution in [0.15, 0.2) is 0 Å². The number of carbonyl (C=O) groups excluding carboxylic acids is 1. The third-order valence-electron chi connectivity index (χ3n) is 3.22. The van der Waals surface area contributed by atoms with E-state index < -0.39 is 15.2 Å². The molecule has 7 heteroatoms. The summed E-state index contributed by atoms with van der Waals surface area (Å²) in [6.07, 6.45) is 0.345. The maximum atomic E-state index is 12.3. The fourth-order valence-electron chi connectivity index (χ4n) is 2.04. The average Bonchev–Trinajstić information content (AvgIpc) is 2.37. The zero-order valence-electron chi connectivity index (χ0n) is 12.8. The number of thioether (sulfide) groups is 1. The summed E-state index contributed by atoms with van der Waals surface area (Å²) in [5.74, 6) is 1.33. The third-order valence-corrected chi connectivity index (χ3v) is 6.50. The van der Waals surface area contributed by atoms with Crippen molar-refractivity contribution in [3.05, 3.63) is 0 Å². The van der Waals surface area contributed by atoms with Gasteiger partial charge in [-0.1, -0.05) is 6.92 Å². The van der Waals surface area contributed by atoms with Crippen LogP contribution in [0, 0.1) is 0 Å². The summed E-state index contributed by atoms with van der Waals surface area (Å²) in [5, 5.41) is 2.61. The largest absolute Gasteiger partial charge is 0.324 e. The molecule has 1 aliphatic heterocycles. The van der Waals surface area contributed by atoms with Gasteiger partial charge in [0.1, 0.15) is 5.37 Å². The van der Waals surface area contributed by atoms with Crippen LogP contribution in [-0.4, -0.2) is 60.5 Å². The molecule has 20 heavy (non-hydrogen) atoms. The van der Waals surface area contributed by atoms with Crippen LogP contribution in [0.1, 0.15) is 34.1 Å². The van der Waals surface area contributed by atoms with Crippen molar-refractivity contribution in [3.8, 4) is 0 Å². The second kappa shape index (κ2) is 7.13. The van der Waals surface area contributed by atoms with Gasteiger partial charge in [-0.2, -0.15) is 11.8 Å². The lowest BCUT2D eigenvalue weighted by molar-refractivity contribution is -0.131. The standard InChI is InChI=1S/C13H26N2O3S2/c1-5-20(17,18)12-10-19-9-8-15(12)11(16)6-7-14-13(2,3)4/h12,14H,5-10H2,1-4H3. The molecule has 1 heterocycles. The van der Waals surface area contributed by atoms with Gasteiger partial charge in [-0.05, 0) is 20.8 Å². The summed E-state index contributed by atoms with van der Waals surface area (Å²) >= 11 is 1.61. The Kier molecular flexibility index (Phi) is 6.34. The van der Waals surface area contributed by atoms with Crippen molar-refractivity contribution >= 4 is 27.5 Å². The van der Waals surface area contributed by atoms with E-state index in [4.69, 9.17) is 0 Å². The quantitative estimate of drug-likeness (QED) is 0.821. The van der Waals surface area contributed by atoms with Gasteiger partial charge in [0.25, 0.3) is 0 Å². The molecular formula is C13H26N2O3S2. The summed E-state index contributed by atoms with van der Waals surface area (Å²) in [6, 6.07) is 0. The van der Waals surface area contributed by atoms with E-state index in [1.165, 1.54) is 0 Å². The molecule has 1 unspecified atom stereocenters. The monoisotopic (exact) mass is 322 g/mol. The van der Waals surface area contributed by atoms with Gasteiger partial charge in [0.2, 0.25) is 5.91 Å². The maximum Gasteiger partial charge on any atom is 0.224 e. The van der Waals surface area contributed by atoms with Crippen LogP contribution < -0.4 is 5.32 Å². The topological polar surface area (TPSA) is 66.5 Å².